The first-order chi connectivity index (χ1) is 12.6. The highest BCUT2D eigenvalue weighted by atomic mass is 16.5. The van der Waals surface area contributed by atoms with Crippen molar-refractivity contribution in [3.8, 4) is 28.4 Å². The van der Waals surface area contributed by atoms with E-state index in [1.807, 2.05) is 36.4 Å². The molecule has 0 aromatic heterocycles. The number of benzene rings is 3. The van der Waals surface area contributed by atoms with Gasteiger partial charge in [-0.05, 0) is 52.2 Å². The molecule has 0 unspecified atom stereocenters. The van der Waals surface area contributed by atoms with Crippen LogP contribution in [-0.4, -0.2) is 33.8 Å². The number of hydrogen-bond acceptors (Lipinski definition) is 4. The first kappa shape index (κ1) is 17.6. The average Bonchev–Trinajstić information content (AvgIpc) is 2.70. The van der Waals surface area contributed by atoms with Crippen molar-refractivity contribution >= 4 is 16.7 Å². The maximum absolute atomic E-state index is 11.3. The van der Waals surface area contributed by atoms with Crippen molar-refractivity contribution in [1.29, 1.82) is 0 Å². The van der Waals surface area contributed by atoms with E-state index in [2.05, 4.69) is 23.5 Å². The van der Waals surface area contributed by atoms with Gasteiger partial charge in [-0.15, -0.1) is 0 Å². The molecule has 0 atom stereocenters. The van der Waals surface area contributed by atoms with Crippen molar-refractivity contribution < 1.29 is 19.0 Å². The number of carbonyl (C=O) groups is 1. The number of amides is 1. The van der Waals surface area contributed by atoms with Crippen LogP contribution >= 0.6 is 0 Å². The molecule has 0 aliphatic carbocycles. The lowest BCUT2D eigenvalue weighted by Crippen LogP contribution is -2.24. The molecule has 0 fully saturated rings. The van der Waals surface area contributed by atoms with Gasteiger partial charge >= 0.3 is 0 Å². The number of hydrogen-bond donors (Lipinski definition) is 1. The highest BCUT2D eigenvalue weighted by molar-refractivity contribution is 5.88. The molecule has 0 saturated carbocycles. The molecule has 0 saturated heterocycles. The van der Waals surface area contributed by atoms with Gasteiger partial charge in [0.05, 0.1) is 14.2 Å². The Labute approximate surface area is 152 Å². The summed E-state index contributed by atoms with van der Waals surface area (Å²) in [5, 5.41) is 4.67. The summed E-state index contributed by atoms with van der Waals surface area (Å²) in [6, 6.07) is 17.8. The predicted molar refractivity (Wildman–Crippen MR) is 102 cm³/mol. The highest BCUT2D eigenvalue weighted by Gasteiger charge is 2.08. The van der Waals surface area contributed by atoms with Crippen molar-refractivity contribution in [1.82, 2.24) is 5.32 Å². The van der Waals surface area contributed by atoms with Crippen LogP contribution in [0.25, 0.3) is 21.9 Å². The fraction of sp³-hybridized carbons (Fsp3) is 0.190. The Balaban J connectivity index is 1.93. The zero-order valence-electron chi connectivity index (χ0n) is 15.0. The van der Waals surface area contributed by atoms with Gasteiger partial charge in [-0.1, -0.05) is 24.3 Å². The molecule has 0 heterocycles. The Hall–Kier alpha value is -3.21. The van der Waals surface area contributed by atoms with E-state index in [9.17, 15) is 4.79 Å². The number of fused-ring (bicyclic) bond motifs is 1. The summed E-state index contributed by atoms with van der Waals surface area (Å²) >= 11 is 0. The first-order valence-electron chi connectivity index (χ1n) is 8.24. The second-order valence-corrected chi connectivity index (χ2v) is 5.76. The lowest BCUT2D eigenvalue weighted by molar-refractivity contribution is -0.122. The molecule has 3 aromatic carbocycles. The standard InChI is InChI=1S/C21H21NO4/c1-22-21(23)13-26-18-8-6-14-4-5-15(10-17(14)11-18)16-7-9-19(24-2)20(12-16)25-3/h4-12H,13H2,1-3H3,(H,22,23). The summed E-state index contributed by atoms with van der Waals surface area (Å²) in [6.07, 6.45) is 0. The maximum Gasteiger partial charge on any atom is 0.257 e. The zero-order chi connectivity index (χ0) is 18.5. The third kappa shape index (κ3) is 3.72. The van der Waals surface area contributed by atoms with Crippen LogP contribution in [0.4, 0.5) is 0 Å². The molecular weight excluding hydrogens is 330 g/mol. The minimum Gasteiger partial charge on any atom is -0.493 e. The fourth-order valence-electron chi connectivity index (χ4n) is 2.73. The van der Waals surface area contributed by atoms with E-state index in [0.29, 0.717) is 17.2 Å². The van der Waals surface area contributed by atoms with Gasteiger partial charge in [0.15, 0.2) is 18.1 Å². The molecule has 3 rings (SSSR count). The summed E-state index contributed by atoms with van der Waals surface area (Å²) in [5.74, 6) is 1.88. The smallest absolute Gasteiger partial charge is 0.257 e. The molecule has 3 aromatic rings. The molecule has 0 spiro atoms. The summed E-state index contributed by atoms with van der Waals surface area (Å²) in [4.78, 5) is 11.3. The van der Waals surface area contributed by atoms with Crippen LogP contribution in [0, 0.1) is 0 Å². The Morgan fingerprint density at radius 3 is 2.27 bits per heavy atom. The van der Waals surface area contributed by atoms with Crippen molar-refractivity contribution in [2.45, 2.75) is 0 Å². The summed E-state index contributed by atoms with van der Waals surface area (Å²) < 4.78 is 16.2. The number of methoxy groups -OCH3 is 2. The van der Waals surface area contributed by atoms with Crippen LogP contribution in [0.15, 0.2) is 54.6 Å². The highest BCUT2D eigenvalue weighted by Crippen LogP contribution is 2.33. The summed E-state index contributed by atoms with van der Waals surface area (Å²) in [7, 11) is 4.83. The van der Waals surface area contributed by atoms with Crippen molar-refractivity contribution in [2.24, 2.45) is 0 Å². The van der Waals surface area contributed by atoms with E-state index < -0.39 is 0 Å². The normalized spacial score (nSPS) is 10.4. The minimum absolute atomic E-state index is 0.00260. The minimum atomic E-state index is -0.163. The van der Waals surface area contributed by atoms with Gasteiger partial charge in [0.25, 0.3) is 5.91 Å². The molecule has 5 nitrogen and oxygen atoms in total. The van der Waals surface area contributed by atoms with E-state index in [-0.39, 0.29) is 12.5 Å². The average molecular weight is 351 g/mol. The third-order valence-electron chi connectivity index (χ3n) is 4.18. The third-order valence-corrected chi connectivity index (χ3v) is 4.18. The fourth-order valence-corrected chi connectivity index (χ4v) is 2.73. The second kappa shape index (κ2) is 7.78. The Morgan fingerprint density at radius 1 is 0.846 bits per heavy atom. The molecule has 0 bridgehead atoms. The molecule has 5 heteroatoms. The number of nitrogens with one attached hydrogen (secondary N) is 1. The molecule has 1 amide bonds. The number of likely N-dealkylation sites (N-methyl/N-ethyl adjacent to an activating group) is 1. The first-order valence-corrected chi connectivity index (χ1v) is 8.24. The van der Waals surface area contributed by atoms with Crippen LogP contribution in [0.3, 0.4) is 0 Å². The molecule has 26 heavy (non-hydrogen) atoms. The molecule has 134 valence electrons. The lowest BCUT2D eigenvalue weighted by Gasteiger charge is -2.11. The molecule has 1 N–H and O–H groups in total. The van der Waals surface area contributed by atoms with Gasteiger partial charge in [0, 0.05) is 7.05 Å². The number of ether oxygens (including phenoxy) is 3. The van der Waals surface area contributed by atoms with Gasteiger partial charge < -0.3 is 19.5 Å². The Bertz CT molecular complexity index is 936. The van der Waals surface area contributed by atoms with E-state index in [1.54, 1.807) is 21.3 Å². The molecule has 0 radical (unpaired) electrons. The van der Waals surface area contributed by atoms with Crippen LogP contribution < -0.4 is 19.5 Å². The number of carbonyl (C=O) groups excluding carboxylic acids is 1. The van der Waals surface area contributed by atoms with Crippen LogP contribution in [0.2, 0.25) is 0 Å². The van der Waals surface area contributed by atoms with Crippen molar-refractivity contribution in [3.05, 3.63) is 54.6 Å². The molecule has 0 aliphatic heterocycles. The molecule has 0 aliphatic rings. The van der Waals surface area contributed by atoms with Crippen LogP contribution in [0.1, 0.15) is 0 Å². The monoisotopic (exact) mass is 351 g/mol. The van der Waals surface area contributed by atoms with Gasteiger partial charge in [-0.2, -0.15) is 0 Å². The van der Waals surface area contributed by atoms with Crippen molar-refractivity contribution in [2.75, 3.05) is 27.9 Å². The lowest BCUT2D eigenvalue weighted by atomic mass is 10.0. The van der Waals surface area contributed by atoms with Gasteiger partial charge in [0.1, 0.15) is 5.75 Å². The zero-order valence-corrected chi connectivity index (χ0v) is 15.0. The largest absolute Gasteiger partial charge is 0.493 e. The van der Waals surface area contributed by atoms with Gasteiger partial charge in [0.2, 0.25) is 0 Å². The van der Waals surface area contributed by atoms with Gasteiger partial charge in [-0.3, -0.25) is 4.79 Å². The maximum atomic E-state index is 11.3. The topological polar surface area (TPSA) is 56.8 Å². The Morgan fingerprint density at radius 2 is 1.54 bits per heavy atom. The SMILES string of the molecule is CNC(=O)COc1ccc2ccc(-c3ccc(OC)c(OC)c3)cc2c1. The van der Waals surface area contributed by atoms with Crippen LogP contribution in [-0.2, 0) is 4.79 Å². The summed E-state index contributed by atoms with van der Waals surface area (Å²) in [6.45, 7) is -0.00260. The summed E-state index contributed by atoms with van der Waals surface area (Å²) in [5.41, 5.74) is 2.09. The Kier molecular flexibility index (Phi) is 5.27. The van der Waals surface area contributed by atoms with Gasteiger partial charge in [-0.25, -0.2) is 0 Å². The quantitative estimate of drug-likeness (QED) is 0.736. The second-order valence-electron chi connectivity index (χ2n) is 5.76. The van der Waals surface area contributed by atoms with Crippen molar-refractivity contribution in [3.63, 3.8) is 0 Å². The number of rotatable bonds is 6. The van der Waals surface area contributed by atoms with E-state index >= 15 is 0 Å². The van der Waals surface area contributed by atoms with Crippen LogP contribution in [0.5, 0.6) is 17.2 Å². The molecular formula is C21H21NO4. The van der Waals surface area contributed by atoms with E-state index in [1.165, 1.54) is 0 Å². The predicted octanol–water partition coefficient (Wildman–Crippen LogP) is 3.65. The van der Waals surface area contributed by atoms with E-state index in [0.717, 1.165) is 21.9 Å². The van der Waals surface area contributed by atoms with E-state index in [4.69, 9.17) is 14.2 Å².